The zero-order valence-electron chi connectivity index (χ0n) is 8.21. The average molecular weight is 180 g/mol. The third-order valence-electron chi connectivity index (χ3n) is 2.63. The molecule has 2 heteroatoms. The van der Waals surface area contributed by atoms with Crippen LogP contribution >= 0.6 is 0 Å². The molecule has 72 valence electrons. The van der Waals surface area contributed by atoms with Gasteiger partial charge in [-0.15, -0.1) is 0 Å². The smallest absolute Gasteiger partial charge is 0.328 e. The van der Waals surface area contributed by atoms with Crippen molar-refractivity contribution in [3.05, 3.63) is 23.3 Å². The fraction of sp³-hybridized carbons (Fsp3) is 0.545. The van der Waals surface area contributed by atoms with Gasteiger partial charge >= 0.3 is 5.97 Å². The number of rotatable bonds is 2. The van der Waals surface area contributed by atoms with Crippen molar-refractivity contribution in [2.75, 3.05) is 0 Å². The Labute approximate surface area is 79.0 Å². The molecule has 1 aliphatic carbocycles. The molecule has 0 saturated heterocycles. The Kier molecular flexibility index (Phi) is 3.29. The number of carboxylic acid groups (broad SMARTS) is 1. The lowest BCUT2D eigenvalue weighted by Crippen LogP contribution is -2.07. The van der Waals surface area contributed by atoms with Crippen molar-refractivity contribution in [3.63, 3.8) is 0 Å². The van der Waals surface area contributed by atoms with E-state index < -0.39 is 5.97 Å². The molecule has 0 heterocycles. The van der Waals surface area contributed by atoms with Crippen LogP contribution in [0.5, 0.6) is 0 Å². The Morgan fingerprint density at radius 2 is 2.38 bits per heavy atom. The summed E-state index contributed by atoms with van der Waals surface area (Å²) < 4.78 is 0. The second-order valence-electron chi connectivity index (χ2n) is 3.75. The molecule has 0 aromatic rings. The summed E-state index contributed by atoms with van der Waals surface area (Å²) in [4.78, 5) is 10.4. The largest absolute Gasteiger partial charge is 0.478 e. The molecule has 0 radical (unpaired) electrons. The third-order valence-corrected chi connectivity index (χ3v) is 2.63. The molecule has 1 atom stereocenters. The fourth-order valence-corrected chi connectivity index (χ4v) is 1.69. The third kappa shape index (κ3) is 3.05. The van der Waals surface area contributed by atoms with Gasteiger partial charge in [0, 0.05) is 6.08 Å². The molecule has 0 aromatic heterocycles. The molecule has 0 aliphatic heterocycles. The Balaban J connectivity index is 2.60. The molecule has 0 saturated carbocycles. The van der Waals surface area contributed by atoms with Crippen LogP contribution in [0.4, 0.5) is 0 Å². The highest BCUT2D eigenvalue weighted by Gasteiger charge is 2.14. The zero-order chi connectivity index (χ0) is 9.84. The van der Waals surface area contributed by atoms with Crippen molar-refractivity contribution in [1.82, 2.24) is 0 Å². The molecule has 1 N–H and O–H groups in total. The van der Waals surface area contributed by atoms with Gasteiger partial charge in [0.25, 0.3) is 0 Å². The zero-order valence-corrected chi connectivity index (χ0v) is 8.21. The van der Waals surface area contributed by atoms with Gasteiger partial charge in [0.1, 0.15) is 0 Å². The first-order chi connectivity index (χ1) is 6.09. The van der Waals surface area contributed by atoms with Crippen LogP contribution in [-0.2, 0) is 4.79 Å². The number of hydrogen-bond acceptors (Lipinski definition) is 1. The average Bonchev–Trinajstić information content (AvgIpc) is 2.04. The van der Waals surface area contributed by atoms with Crippen molar-refractivity contribution in [2.45, 2.75) is 33.1 Å². The second-order valence-corrected chi connectivity index (χ2v) is 3.75. The molecule has 13 heavy (non-hydrogen) atoms. The van der Waals surface area contributed by atoms with E-state index in [1.165, 1.54) is 11.6 Å². The Hall–Kier alpha value is -1.05. The minimum absolute atomic E-state index is 0.444. The number of carboxylic acids is 1. The quantitative estimate of drug-likeness (QED) is 0.524. The van der Waals surface area contributed by atoms with E-state index in [4.69, 9.17) is 5.11 Å². The van der Waals surface area contributed by atoms with Crippen LogP contribution in [0.2, 0.25) is 0 Å². The normalized spacial score (nSPS) is 24.0. The first-order valence-electron chi connectivity index (χ1n) is 4.66. The van der Waals surface area contributed by atoms with Gasteiger partial charge in [-0.3, -0.25) is 0 Å². The summed E-state index contributed by atoms with van der Waals surface area (Å²) in [5.41, 5.74) is 2.43. The number of allylic oxidation sites excluding steroid dienone is 3. The van der Waals surface area contributed by atoms with Gasteiger partial charge in [-0.25, -0.2) is 4.79 Å². The summed E-state index contributed by atoms with van der Waals surface area (Å²) in [5, 5.41) is 8.57. The summed E-state index contributed by atoms with van der Waals surface area (Å²) in [6.45, 7) is 4.04. The van der Waals surface area contributed by atoms with Gasteiger partial charge in [0.2, 0.25) is 0 Å². The van der Waals surface area contributed by atoms with E-state index in [0.29, 0.717) is 5.92 Å². The van der Waals surface area contributed by atoms with Crippen molar-refractivity contribution < 1.29 is 9.90 Å². The van der Waals surface area contributed by atoms with Gasteiger partial charge in [0.15, 0.2) is 0 Å². The van der Waals surface area contributed by atoms with Crippen LogP contribution in [0.1, 0.15) is 33.1 Å². The molecular weight excluding hydrogens is 164 g/mol. The van der Waals surface area contributed by atoms with E-state index in [-0.39, 0.29) is 0 Å². The van der Waals surface area contributed by atoms with Gasteiger partial charge in [-0.1, -0.05) is 17.2 Å². The van der Waals surface area contributed by atoms with Crippen LogP contribution in [0.3, 0.4) is 0 Å². The molecule has 1 unspecified atom stereocenters. The van der Waals surface area contributed by atoms with Crippen molar-refractivity contribution >= 4 is 5.97 Å². The van der Waals surface area contributed by atoms with E-state index >= 15 is 0 Å². The van der Waals surface area contributed by atoms with Gasteiger partial charge in [-0.2, -0.15) is 0 Å². The lowest BCUT2D eigenvalue weighted by molar-refractivity contribution is -0.131. The summed E-state index contributed by atoms with van der Waals surface area (Å²) in [6, 6.07) is 0. The first-order valence-corrected chi connectivity index (χ1v) is 4.66. The Morgan fingerprint density at radius 3 is 2.85 bits per heavy atom. The standard InChI is InChI=1S/C11H16O2/c1-8-3-5-10(6-4-8)9(2)7-11(12)13/h3,7,10H,4-6H2,1-2H3,(H,12,13)/b9-7+. The number of hydrogen-bond donors (Lipinski definition) is 1. The lowest BCUT2D eigenvalue weighted by atomic mass is 9.85. The summed E-state index contributed by atoms with van der Waals surface area (Å²) in [7, 11) is 0. The maximum atomic E-state index is 10.4. The molecule has 0 fully saturated rings. The predicted octanol–water partition coefficient (Wildman–Crippen LogP) is 2.76. The van der Waals surface area contributed by atoms with E-state index in [0.717, 1.165) is 24.8 Å². The molecule has 1 aliphatic rings. The van der Waals surface area contributed by atoms with Crippen LogP contribution in [0.25, 0.3) is 0 Å². The highest BCUT2D eigenvalue weighted by Crippen LogP contribution is 2.28. The molecule has 0 bridgehead atoms. The first kappa shape index (κ1) is 10.0. The molecule has 1 rings (SSSR count). The minimum atomic E-state index is -0.830. The predicted molar refractivity (Wildman–Crippen MR) is 52.5 cm³/mol. The van der Waals surface area contributed by atoms with E-state index in [1.54, 1.807) is 0 Å². The maximum Gasteiger partial charge on any atom is 0.328 e. The maximum absolute atomic E-state index is 10.4. The van der Waals surface area contributed by atoms with Crippen molar-refractivity contribution in [1.29, 1.82) is 0 Å². The molecule has 2 nitrogen and oxygen atoms in total. The van der Waals surface area contributed by atoms with Gasteiger partial charge in [-0.05, 0) is 39.0 Å². The van der Waals surface area contributed by atoms with E-state index in [2.05, 4.69) is 13.0 Å². The van der Waals surface area contributed by atoms with E-state index in [1.807, 2.05) is 6.92 Å². The summed E-state index contributed by atoms with van der Waals surface area (Å²) in [5.74, 6) is -0.386. The van der Waals surface area contributed by atoms with Crippen LogP contribution in [0.15, 0.2) is 23.3 Å². The Morgan fingerprint density at radius 1 is 1.69 bits per heavy atom. The van der Waals surface area contributed by atoms with Crippen LogP contribution in [0, 0.1) is 5.92 Å². The highest BCUT2D eigenvalue weighted by molar-refractivity contribution is 5.80. The number of aliphatic carboxylic acids is 1. The fourth-order valence-electron chi connectivity index (χ4n) is 1.69. The van der Waals surface area contributed by atoms with E-state index in [9.17, 15) is 4.79 Å². The molecule has 0 aromatic carbocycles. The molecule has 0 amide bonds. The molecule has 0 spiro atoms. The minimum Gasteiger partial charge on any atom is -0.478 e. The number of carbonyl (C=O) groups is 1. The van der Waals surface area contributed by atoms with Crippen molar-refractivity contribution in [2.24, 2.45) is 5.92 Å². The topological polar surface area (TPSA) is 37.3 Å². The van der Waals surface area contributed by atoms with Crippen molar-refractivity contribution in [3.8, 4) is 0 Å². The highest BCUT2D eigenvalue weighted by atomic mass is 16.4. The Bertz CT molecular complexity index is 261. The van der Waals surface area contributed by atoms with Gasteiger partial charge < -0.3 is 5.11 Å². The van der Waals surface area contributed by atoms with Gasteiger partial charge in [0.05, 0.1) is 0 Å². The summed E-state index contributed by atoms with van der Waals surface area (Å²) in [6.07, 6.45) is 6.75. The lowest BCUT2D eigenvalue weighted by Gasteiger charge is -2.20. The second kappa shape index (κ2) is 4.26. The van der Waals surface area contributed by atoms with Crippen LogP contribution < -0.4 is 0 Å². The van der Waals surface area contributed by atoms with Crippen LogP contribution in [-0.4, -0.2) is 11.1 Å². The summed E-state index contributed by atoms with van der Waals surface area (Å²) >= 11 is 0. The SMILES string of the molecule is CC1=CCC(/C(C)=C/C(=O)O)CC1. The molecular formula is C11H16O2. The monoisotopic (exact) mass is 180 g/mol.